The summed E-state index contributed by atoms with van der Waals surface area (Å²) in [5.74, 6) is 0.209. The topological polar surface area (TPSA) is 88.5 Å². The fourth-order valence-corrected chi connectivity index (χ4v) is 6.68. The summed E-state index contributed by atoms with van der Waals surface area (Å²) < 4.78 is 12.0. The van der Waals surface area contributed by atoms with Gasteiger partial charge in [-0.3, -0.25) is 0 Å². The monoisotopic (exact) mass is 825 g/mol. The number of nitrogens with zero attached hydrogens (tertiary/aromatic N) is 3. The second-order valence-corrected chi connectivity index (χ2v) is 12.0. The van der Waals surface area contributed by atoms with E-state index < -0.39 is 0 Å². The smallest absolute Gasteiger partial charge is 0.513 e. The Kier molecular flexibility index (Phi) is 7.61. The van der Waals surface area contributed by atoms with Crippen molar-refractivity contribution in [2.24, 2.45) is 0 Å². The van der Waals surface area contributed by atoms with Crippen LogP contribution in [0.1, 0.15) is 5.56 Å². The van der Waals surface area contributed by atoms with E-state index >= 15 is 0 Å². The van der Waals surface area contributed by atoms with Crippen molar-refractivity contribution in [1.29, 1.82) is 0 Å². The molecule has 0 atom stereocenters. The molecule has 0 saturated heterocycles. The summed E-state index contributed by atoms with van der Waals surface area (Å²) >= 11 is 0. The first-order valence-electron chi connectivity index (χ1n) is 15.7. The zero-order valence-corrected chi connectivity index (χ0v) is 28.5. The number of phenolic OH excluding ortho intramolecular Hbond substituents is 2. The number of para-hydroxylation sites is 5. The van der Waals surface area contributed by atoms with Crippen molar-refractivity contribution in [3.05, 3.63) is 140 Å². The average Bonchev–Trinajstić information content (AvgIpc) is 3.77. The molecule has 0 amide bonds. The third-order valence-electron chi connectivity index (χ3n) is 9.04. The van der Waals surface area contributed by atoms with Gasteiger partial charge in [-0.1, -0.05) is 66.7 Å². The third-order valence-corrected chi connectivity index (χ3v) is 9.04. The molecule has 3 N–H and O–H groups in total. The number of rotatable bonds is 7. The molecule has 9 heteroatoms. The van der Waals surface area contributed by atoms with Gasteiger partial charge in [0.2, 0.25) is 0 Å². The van der Waals surface area contributed by atoms with Gasteiger partial charge in [0, 0.05) is 63.1 Å². The van der Waals surface area contributed by atoms with E-state index in [0.717, 1.165) is 55.3 Å². The van der Waals surface area contributed by atoms with Crippen LogP contribution in [-0.2, 0) is 21.1 Å². The molecule has 8 aromatic rings. The fourth-order valence-electron chi connectivity index (χ4n) is 6.68. The molecule has 0 saturated carbocycles. The van der Waals surface area contributed by atoms with E-state index in [0.29, 0.717) is 29.2 Å². The van der Waals surface area contributed by atoms with Crippen LogP contribution in [0.2, 0.25) is 0 Å². The number of aryl methyl sites for hydroxylation is 1. The minimum atomic E-state index is 0. The number of hydrogen-bond acceptors (Lipinski definition) is 8. The molecular weight excluding hydrogens is 796 g/mol. The minimum absolute atomic E-state index is 0. The van der Waals surface area contributed by atoms with Gasteiger partial charge in [0.15, 0.2) is 0 Å². The third kappa shape index (κ3) is 5.20. The largest absolute Gasteiger partial charge is 2.00 e. The van der Waals surface area contributed by atoms with Crippen LogP contribution in [0.4, 0.5) is 28.4 Å². The van der Waals surface area contributed by atoms with Crippen LogP contribution in [-0.4, -0.2) is 16.9 Å². The first-order valence-corrected chi connectivity index (χ1v) is 15.7. The van der Waals surface area contributed by atoms with Crippen LogP contribution in [0.3, 0.4) is 0 Å². The van der Waals surface area contributed by atoms with Crippen molar-refractivity contribution in [2.75, 3.05) is 26.7 Å². The Bertz CT molecular complexity index is 2510. The predicted molar refractivity (Wildman–Crippen MR) is 193 cm³/mol. The maximum absolute atomic E-state index is 11.3. The van der Waals surface area contributed by atoms with E-state index in [-0.39, 0.29) is 32.6 Å². The van der Waals surface area contributed by atoms with Crippen molar-refractivity contribution in [1.82, 2.24) is 0 Å². The number of hydrogen-bond donors (Lipinski definition) is 3. The molecule has 0 radical (unpaired) electrons. The Balaban J connectivity index is 0.00000348. The Hall–Kier alpha value is -5.59. The van der Waals surface area contributed by atoms with Gasteiger partial charge in [-0.15, -0.1) is 6.67 Å². The number of furan rings is 2. The van der Waals surface area contributed by atoms with E-state index in [1.54, 1.807) is 12.1 Å². The second kappa shape index (κ2) is 12.1. The Morgan fingerprint density at radius 1 is 0.653 bits per heavy atom. The molecule has 244 valence electrons. The van der Waals surface area contributed by atoms with Crippen molar-refractivity contribution < 1.29 is 40.1 Å². The average molecular weight is 826 g/mol. The summed E-state index contributed by atoms with van der Waals surface area (Å²) in [5.41, 5.74) is 8.04. The van der Waals surface area contributed by atoms with Gasteiger partial charge in [-0.25, -0.2) is 0 Å². The molecule has 1 aliphatic heterocycles. The summed E-state index contributed by atoms with van der Waals surface area (Å²) in [6, 6.07) is 39.3. The van der Waals surface area contributed by atoms with Gasteiger partial charge in [0.05, 0.1) is 5.69 Å². The predicted octanol–water partition coefficient (Wildman–Crippen LogP) is 9.98. The van der Waals surface area contributed by atoms with Gasteiger partial charge < -0.3 is 39.1 Å². The zero-order valence-electron chi connectivity index (χ0n) is 26.3. The molecule has 3 heterocycles. The molecule has 2 aromatic heterocycles. The van der Waals surface area contributed by atoms with E-state index in [4.69, 9.17) is 8.83 Å². The molecule has 0 aliphatic carbocycles. The molecule has 0 fully saturated rings. The number of anilines is 5. The first kappa shape index (κ1) is 30.7. The maximum atomic E-state index is 11.3. The van der Waals surface area contributed by atoms with Crippen LogP contribution < -0.4 is 20.0 Å². The van der Waals surface area contributed by atoms with Crippen LogP contribution >= 0.6 is 0 Å². The number of nitrogens with one attached hydrogen (secondary N) is 1. The molecule has 0 unspecified atom stereocenters. The summed E-state index contributed by atoms with van der Waals surface area (Å²) in [6.07, 6.45) is 0. The molecule has 8 nitrogen and oxygen atoms in total. The molecular formula is C40H30N4O4Pt. The quantitative estimate of drug-likeness (QED) is 0.108. The number of benzene rings is 6. The van der Waals surface area contributed by atoms with Crippen LogP contribution in [0.25, 0.3) is 43.9 Å². The summed E-state index contributed by atoms with van der Waals surface area (Å²) in [5, 5.41) is 29.5. The van der Waals surface area contributed by atoms with Gasteiger partial charge >= 0.3 is 21.1 Å². The van der Waals surface area contributed by atoms with Gasteiger partial charge in [0.1, 0.15) is 33.8 Å². The van der Waals surface area contributed by atoms with E-state index in [1.165, 1.54) is 0 Å². The van der Waals surface area contributed by atoms with Crippen LogP contribution in [0.5, 0.6) is 11.5 Å². The molecule has 49 heavy (non-hydrogen) atoms. The first-order chi connectivity index (χ1) is 23.5. The molecule has 6 aromatic carbocycles. The van der Waals surface area contributed by atoms with Gasteiger partial charge in [-0.05, 0) is 55.0 Å². The summed E-state index contributed by atoms with van der Waals surface area (Å²) in [4.78, 5) is 6.26. The van der Waals surface area contributed by atoms with E-state index in [2.05, 4.69) is 40.2 Å². The molecule has 9 rings (SSSR count). The molecule has 1 aliphatic rings. The number of fused-ring (bicyclic) bond motifs is 7. The van der Waals surface area contributed by atoms with Gasteiger partial charge in [0.25, 0.3) is 0 Å². The Morgan fingerprint density at radius 3 is 1.96 bits per heavy atom. The van der Waals surface area contributed by atoms with Crippen LogP contribution in [0.15, 0.2) is 130 Å². The summed E-state index contributed by atoms with van der Waals surface area (Å²) in [6.45, 7) is 6.40. The Labute approximate surface area is 296 Å². The van der Waals surface area contributed by atoms with E-state index in [9.17, 15) is 10.2 Å². The van der Waals surface area contributed by atoms with Crippen LogP contribution in [0, 0.1) is 20.3 Å². The maximum Gasteiger partial charge on any atom is 2.00 e. The SMILES string of the molecule is Cc1ccccc1N([CH-]Nc1cc2c(cc1O)oc1ccccc12)CN1[CH-]N(c2cc3c(cc2O)oc2ccccc23)c2ccccc21.[Pt+2]. The standard InChI is InChI=1S/C40H30N4O4.Pt/c1-25-10-2-5-13-31(25)42(22-41-30-18-28-26-11-3-8-16-37(26)47-39(28)20-35(30)45)23-43-24-44(33-15-7-6-14-32(33)43)34-19-29-27-12-4-9-17-38(27)48-40(29)21-36(34)46;/h2-22,24,41,45-46H,23H2,1H3;/q-2;+2. The number of phenols is 2. The Morgan fingerprint density at radius 2 is 1.24 bits per heavy atom. The van der Waals surface area contributed by atoms with E-state index in [1.807, 2.05) is 109 Å². The van der Waals surface area contributed by atoms with Crippen molar-refractivity contribution in [3.63, 3.8) is 0 Å². The summed E-state index contributed by atoms with van der Waals surface area (Å²) in [7, 11) is 0. The van der Waals surface area contributed by atoms with Gasteiger partial charge in [-0.2, -0.15) is 6.67 Å². The molecule has 0 spiro atoms. The van der Waals surface area contributed by atoms with Crippen molar-refractivity contribution in [2.45, 2.75) is 6.92 Å². The van der Waals surface area contributed by atoms with Crippen molar-refractivity contribution >= 4 is 72.3 Å². The molecule has 0 bridgehead atoms. The number of aromatic hydroxyl groups is 2. The zero-order chi connectivity index (χ0) is 32.4. The fraction of sp³-hybridized carbons (Fsp3) is 0.0500. The van der Waals surface area contributed by atoms with Crippen molar-refractivity contribution in [3.8, 4) is 11.5 Å². The minimum Gasteiger partial charge on any atom is -0.513 e. The normalized spacial score (nSPS) is 12.6. The second-order valence-electron chi connectivity index (χ2n) is 12.0.